The molecule has 1 aliphatic heterocycles. The summed E-state index contributed by atoms with van der Waals surface area (Å²) in [5.41, 5.74) is 1.30. The van der Waals surface area contributed by atoms with Gasteiger partial charge in [-0.05, 0) is 25.7 Å². The first-order chi connectivity index (χ1) is 10.3. The Balaban J connectivity index is 1.61. The van der Waals surface area contributed by atoms with E-state index in [9.17, 15) is 0 Å². The average Bonchev–Trinajstić information content (AvgIpc) is 3.12. The molecule has 1 aliphatic carbocycles. The molecule has 0 bridgehead atoms. The van der Waals surface area contributed by atoms with Crippen LogP contribution in [0.4, 0.5) is 5.82 Å². The molecule has 2 aromatic heterocycles. The highest BCUT2D eigenvalue weighted by Gasteiger charge is 2.26. The zero-order chi connectivity index (χ0) is 14.2. The van der Waals surface area contributed by atoms with Crippen molar-refractivity contribution in [1.29, 1.82) is 0 Å². The lowest BCUT2D eigenvalue weighted by Gasteiger charge is -2.32. The van der Waals surface area contributed by atoms with E-state index < -0.39 is 0 Å². The molecular weight excluding hydrogens is 284 g/mol. The van der Waals surface area contributed by atoms with Gasteiger partial charge in [-0.3, -0.25) is 4.40 Å². The van der Waals surface area contributed by atoms with Crippen molar-refractivity contribution in [2.75, 3.05) is 25.2 Å². The molecule has 0 aromatic carbocycles. The van der Waals surface area contributed by atoms with Crippen molar-refractivity contribution in [3.05, 3.63) is 17.3 Å². The summed E-state index contributed by atoms with van der Waals surface area (Å²) in [5.74, 6) is 1.14. The van der Waals surface area contributed by atoms with E-state index in [0.717, 1.165) is 49.4 Å². The number of nitrogens with zero attached hydrogens (tertiary/aromatic N) is 3. The summed E-state index contributed by atoms with van der Waals surface area (Å²) in [6.45, 7) is 2.64. The lowest BCUT2D eigenvalue weighted by atomic mass is 10.1. The van der Waals surface area contributed by atoms with E-state index in [0.29, 0.717) is 6.04 Å². The van der Waals surface area contributed by atoms with Gasteiger partial charge in [0.05, 0.1) is 5.69 Å². The highest BCUT2D eigenvalue weighted by atomic mass is 32.1. The lowest BCUT2D eigenvalue weighted by Crippen LogP contribution is -2.37. The fraction of sp³-hybridized carbons (Fsp3) is 0.667. The molecule has 6 heteroatoms. The van der Waals surface area contributed by atoms with E-state index in [2.05, 4.69) is 33.2 Å². The minimum atomic E-state index is 0.544. The van der Waals surface area contributed by atoms with E-state index in [1.54, 1.807) is 11.3 Å². The summed E-state index contributed by atoms with van der Waals surface area (Å²) in [7, 11) is 2.18. The molecular formula is C15H22N4OS. The van der Waals surface area contributed by atoms with Gasteiger partial charge >= 0.3 is 0 Å². The Hall–Kier alpha value is -1.11. The Morgan fingerprint density at radius 1 is 1.38 bits per heavy atom. The Morgan fingerprint density at radius 2 is 2.19 bits per heavy atom. The van der Waals surface area contributed by atoms with Crippen molar-refractivity contribution in [1.82, 2.24) is 14.7 Å². The van der Waals surface area contributed by atoms with Crippen molar-refractivity contribution < 1.29 is 4.74 Å². The highest BCUT2D eigenvalue weighted by Crippen LogP contribution is 2.28. The Kier molecular flexibility index (Phi) is 3.61. The molecule has 0 spiro atoms. The van der Waals surface area contributed by atoms with Crippen LogP contribution in [0, 0.1) is 0 Å². The molecule has 2 aliphatic rings. The van der Waals surface area contributed by atoms with Crippen LogP contribution in [0.2, 0.25) is 0 Å². The molecule has 2 aromatic rings. The normalized spacial score (nSPS) is 20.2. The summed E-state index contributed by atoms with van der Waals surface area (Å²) >= 11 is 1.71. The fourth-order valence-electron chi connectivity index (χ4n) is 3.04. The topological polar surface area (TPSA) is 41.8 Å². The van der Waals surface area contributed by atoms with Gasteiger partial charge in [-0.15, -0.1) is 11.3 Å². The first-order valence-electron chi connectivity index (χ1n) is 7.81. The minimum absolute atomic E-state index is 0.544. The van der Waals surface area contributed by atoms with E-state index >= 15 is 0 Å². The van der Waals surface area contributed by atoms with E-state index in [-0.39, 0.29) is 0 Å². The molecule has 2 fully saturated rings. The van der Waals surface area contributed by atoms with Gasteiger partial charge in [-0.25, -0.2) is 4.98 Å². The third kappa shape index (κ3) is 2.67. The zero-order valence-electron chi connectivity index (χ0n) is 12.4. The number of thiazole rings is 1. The van der Waals surface area contributed by atoms with Crippen molar-refractivity contribution in [3.63, 3.8) is 0 Å². The molecule has 4 rings (SSSR count). The van der Waals surface area contributed by atoms with Crippen LogP contribution < -0.4 is 10.2 Å². The van der Waals surface area contributed by atoms with Crippen molar-refractivity contribution in [3.8, 4) is 0 Å². The number of rotatable bonds is 5. The van der Waals surface area contributed by atoms with Gasteiger partial charge < -0.3 is 15.0 Å². The Morgan fingerprint density at radius 3 is 2.95 bits per heavy atom. The van der Waals surface area contributed by atoms with Crippen molar-refractivity contribution >= 4 is 22.1 Å². The van der Waals surface area contributed by atoms with Crippen LogP contribution in [0.25, 0.3) is 4.96 Å². The first kappa shape index (κ1) is 13.5. The molecule has 0 amide bonds. The van der Waals surface area contributed by atoms with Crippen LogP contribution in [-0.2, 0) is 11.3 Å². The van der Waals surface area contributed by atoms with Gasteiger partial charge in [0.2, 0.25) is 0 Å². The molecule has 1 saturated heterocycles. The lowest BCUT2D eigenvalue weighted by molar-refractivity contribution is 0.0853. The fourth-order valence-corrected chi connectivity index (χ4v) is 3.77. The van der Waals surface area contributed by atoms with Gasteiger partial charge in [-0.1, -0.05) is 0 Å². The molecule has 114 valence electrons. The largest absolute Gasteiger partial charge is 0.381 e. The second-order valence-corrected chi connectivity index (χ2v) is 6.92. The smallest absolute Gasteiger partial charge is 0.195 e. The van der Waals surface area contributed by atoms with Crippen LogP contribution in [0.15, 0.2) is 11.6 Å². The third-order valence-electron chi connectivity index (χ3n) is 4.55. The number of fused-ring (bicyclic) bond motifs is 1. The van der Waals surface area contributed by atoms with Gasteiger partial charge in [0.25, 0.3) is 0 Å². The summed E-state index contributed by atoms with van der Waals surface area (Å²) < 4.78 is 7.73. The number of hydrogen-bond donors (Lipinski definition) is 1. The number of anilines is 1. The summed E-state index contributed by atoms with van der Waals surface area (Å²) in [6.07, 6.45) is 6.96. The molecule has 0 radical (unpaired) electrons. The Labute approximate surface area is 128 Å². The Bertz CT molecular complexity index is 612. The van der Waals surface area contributed by atoms with Gasteiger partial charge in [0.15, 0.2) is 10.8 Å². The summed E-state index contributed by atoms with van der Waals surface area (Å²) in [6, 6.07) is 1.26. The van der Waals surface area contributed by atoms with Crippen LogP contribution in [0.5, 0.6) is 0 Å². The zero-order valence-corrected chi connectivity index (χ0v) is 13.2. The number of ether oxygens (including phenoxy) is 1. The van der Waals surface area contributed by atoms with Crippen LogP contribution in [-0.4, -0.2) is 41.7 Å². The van der Waals surface area contributed by atoms with Crippen molar-refractivity contribution in [2.24, 2.45) is 0 Å². The maximum atomic E-state index is 5.48. The molecule has 3 heterocycles. The number of hydrogen-bond acceptors (Lipinski definition) is 5. The van der Waals surface area contributed by atoms with E-state index in [1.807, 2.05) is 0 Å². The second-order valence-electron chi connectivity index (χ2n) is 6.05. The van der Waals surface area contributed by atoms with E-state index in [1.165, 1.54) is 18.5 Å². The third-order valence-corrected chi connectivity index (χ3v) is 5.30. The average molecular weight is 306 g/mol. The molecule has 5 nitrogen and oxygen atoms in total. The van der Waals surface area contributed by atoms with Crippen LogP contribution >= 0.6 is 11.3 Å². The van der Waals surface area contributed by atoms with Crippen LogP contribution in [0.3, 0.4) is 0 Å². The number of nitrogens with one attached hydrogen (secondary N) is 1. The predicted octanol–water partition coefficient (Wildman–Crippen LogP) is 2.26. The van der Waals surface area contributed by atoms with Crippen molar-refractivity contribution in [2.45, 2.75) is 44.3 Å². The minimum Gasteiger partial charge on any atom is -0.381 e. The monoisotopic (exact) mass is 306 g/mol. The first-order valence-corrected chi connectivity index (χ1v) is 8.69. The summed E-state index contributed by atoms with van der Waals surface area (Å²) in [5, 5.41) is 5.74. The van der Waals surface area contributed by atoms with Gasteiger partial charge in [-0.2, -0.15) is 0 Å². The standard InChI is InChI=1S/C15H22N4OS/c1-18(12-4-7-20-8-5-12)14-13(10-16-11-2-3-11)19-6-9-21-15(19)17-14/h6,9,11-12,16H,2-5,7-8,10H2,1H3. The van der Waals surface area contributed by atoms with E-state index in [4.69, 9.17) is 9.72 Å². The highest BCUT2D eigenvalue weighted by molar-refractivity contribution is 7.15. The maximum Gasteiger partial charge on any atom is 0.195 e. The summed E-state index contributed by atoms with van der Waals surface area (Å²) in [4.78, 5) is 8.33. The maximum absolute atomic E-state index is 5.48. The molecule has 0 atom stereocenters. The molecule has 0 unspecified atom stereocenters. The SMILES string of the molecule is CN(c1nc2sccn2c1CNC1CC1)C1CCOCC1. The molecule has 21 heavy (non-hydrogen) atoms. The van der Waals surface area contributed by atoms with Gasteiger partial charge in [0.1, 0.15) is 0 Å². The van der Waals surface area contributed by atoms with Crippen LogP contribution in [0.1, 0.15) is 31.4 Å². The molecule has 1 saturated carbocycles. The van der Waals surface area contributed by atoms with Gasteiger partial charge in [0, 0.05) is 50.5 Å². The quantitative estimate of drug-likeness (QED) is 0.920. The number of aromatic nitrogens is 2. The second kappa shape index (κ2) is 5.59. The predicted molar refractivity (Wildman–Crippen MR) is 85.2 cm³/mol. The number of imidazole rings is 1. The molecule has 1 N–H and O–H groups in total.